The molecule has 2 aromatic carbocycles. The van der Waals surface area contributed by atoms with Crippen LogP contribution in [0, 0.1) is 12.8 Å². The molecule has 2 aromatic rings. The number of ether oxygens (including phenoxy) is 1. The Morgan fingerprint density at radius 1 is 1.04 bits per heavy atom. The normalized spacial score (nSPS) is 19.3. The van der Waals surface area contributed by atoms with Crippen molar-refractivity contribution >= 4 is 35.0 Å². The lowest BCUT2D eigenvalue weighted by Crippen LogP contribution is -2.16. The number of aryl methyl sites for hydroxylation is 1. The van der Waals surface area contributed by atoms with Crippen molar-refractivity contribution in [2.24, 2.45) is 5.92 Å². The molecule has 136 valence electrons. The van der Waals surface area contributed by atoms with Crippen LogP contribution < -0.4 is 4.74 Å². The second-order valence-electron chi connectivity index (χ2n) is 6.52. The zero-order chi connectivity index (χ0) is 18.8. The van der Waals surface area contributed by atoms with Gasteiger partial charge in [-0.3, -0.25) is 9.59 Å². The third kappa shape index (κ3) is 3.87. The number of halogens is 2. The average Bonchev–Trinajstić information content (AvgIpc) is 3.08. The summed E-state index contributed by atoms with van der Waals surface area (Å²) >= 11 is 12.6. The van der Waals surface area contributed by atoms with Crippen LogP contribution in [0.15, 0.2) is 36.4 Å². The lowest BCUT2D eigenvalue weighted by Gasteiger charge is -2.16. The van der Waals surface area contributed by atoms with Crippen LogP contribution in [0.3, 0.4) is 0 Å². The standard InChI is InChI=1S/C20H18Cl2O4/c1-11-2-4-12(5-3-11)19(23)15-8-9-16(18(22)17(15)21)26-14-7-6-13(10-14)20(24)25/h2-5,8-9,13-14H,6-7,10H2,1H3,(H,24,25)/t13-,14-/m0/s1. The van der Waals surface area contributed by atoms with Gasteiger partial charge in [0.25, 0.3) is 0 Å². The van der Waals surface area contributed by atoms with Gasteiger partial charge in [-0.05, 0) is 38.3 Å². The summed E-state index contributed by atoms with van der Waals surface area (Å²) in [7, 11) is 0. The van der Waals surface area contributed by atoms with E-state index in [1.807, 2.05) is 19.1 Å². The largest absolute Gasteiger partial charge is 0.489 e. The highest BCUT2D eigenvalue weighted by Crippen LogP contribution is 2.38. The topological polar surface area (TPSA) is 63.6 Å². The van der Waals surface area contributed by atoms with Crippen molar-refractivity contribution in [3.63, 3.8) is 0 Å². The molecule has 0 heterocycles. The lowest BCUT2D eigenvalue weighted by atomic mass is 10.0. The molecule has 0 spiro atoms. The maximum atomic E-state index is 12.7. The molecule has 0 bridgehead atoms. The SMILES string of the molecule is Cc1ccc(C(=O)c2ccc(O[C@H]3CC[C@H](C(=O)O)C3)c(Cl)c2Cl)cc1. The van der Waals surface area contributed by atoms with E-state index in [-0.39, 0.29) is 21.9 Å². The molecule has 0 aliphatic heterocycles. The first kappa shape index (κ1) is 18.7. The van der Waals surface area contributed by atoms with E-state index in [2.05, 4.69) is 0 Å². The molecular weight excluding hydrogens is 375 g/mol. The molecule has 3 rings (SSSR count). The predicted octanol–water partition coefficient (Wildman–Crippen LogP) is 5.16. The maximum absolute atomic E-state index is 12.7. The van der Waals surface area contributed by atoms with Crippen LogP contribution in [0.4, 0.5) is 0 Å². The van der Waals surface area contributed by atoms with Crippen molar-refractivity contribution in [3.05, 3.63) is 63.1 Å². The monoisotopic (exact) mass is 392 g/mol. The van der Waals surface area contributed by atoms with Gasteiger partial charge in [-0.25, -0.2) is 0 Å². The van der Waals surface area contributed by atoms with Crippen molar-refractivity contribution in [1.29, 1.82) is 0 Å². The molecule has 0 aromatic heterocycles. The number of hydrogen-bond donors (Lipinski definition) is 1. The van der Waals surface area contributed by atoms with Crippen LogP contribution in [-0.2, 0) is 4.79 Å². The summed E-state index contributed by atoms with van der Waals surface area (Å²) in [5.74, 6) is -1.04. The van der Waals surface area contributed by atoms with Crippen LogP contribution in [0.5, 0.6) is 5.75 Å². The smallest absolute Gasteiger partial charge is 0.306 e. The molecule has 6 heteroatoms. The van der Waals surface area contributed by atoms with Gasteiger partial charge in [-0.1, -0.05) is 53.0 Å². The van der Waals surface area contributed by atoms with Crippen molar-refractivity contribution in [2.75, 3.05) is 0 Å². The van der Waals surface area contributed by atoms with E-state index in [1.54, 1.807) is 24.3 Å². The van der Waals surface area contributed by atoms with Gasteiger partial charge in [0.05, 0.1) is 17.0 Å². The van der Waals surface area contributed by atoms with Gasteiger partial charge in [0.1, 0.15) is 10.8 Å². The molecule has 0 saturated heterocycles. The molecular formula is C20H18Cl2O4. The first-order valence-electron chi connectivity index (χ1n) is 8.35. The predicted molar refractivity (Wildman–Crippen MR) is 100 cm³/mol. The number of carbonyl (C=O) groups excluding carboxylic acids is 1. The Morgan fingerprint density at radius 2 is 1.73 bits per heavy atom. The number of carboxylic acid groups (broad SMARTS) is 1. The minimum absolute atomic E-state index is 0.141. The van der Waals surface area contributed by atoms with E-state index in [0.717, 1.165) is 5.56 Å². The zero-order valence-electron chi connectivity index (χ0n) is 14.2. The van der Waals surface area contributed by atoms with Gasteiger partial charge in [0.15, 0.2) is 5.78 Å². The van der Waals surface area contributed by atoms with Gasteiger partial charge in [0.2, 0.25) is 0 Å². The first-order valence-corrected chi connectivity index (χ1v) is 9.11. The number of ketones is 1. The van der Waals surface area contributed by atoms with Crippen LogP contribution in [-0.4, -0.2) is 23.0 Å². The Bertz CT molecular complexity index is 846. The number of carbonyl (C=O) groups is 2. The summed E-state index contributed by atoms with van der Waals surface area (Å²) in [6, 6.07) is 10.4. The minimum atomic E-state index is -0.806. The van der Waals surface area contributed by atoms with Gasteiger partial charge in [-0.15, -0.1) is 0 Å². The lowest BCUT2D eigenvalue weighted by molar-refractivity contribution is -0.141. The maximum Gasteiger partial charge on any atom is 0.306 e. The van der Waals surface area contributed by atoms with Crippen LogP contribution in [0.1, 0.15) is 40.7 Å². The molecule has 4 nitrogen and oxygen atoms in total. The zero-order valence-corrected chi connectivity index (χ0v) is 15.7. The van der Waals surface area contributed by atoms with Gasteiger partial charge < -0.3 is 9.84 Å². The van der Waals surface area contributed by atoms with Crippen molar-refractivity contribution in [2.45, 2.75) is 32.3 Å². The molecule has 0 unspecified atom stereocenters. The Kier molecular flexibility index (Phi) is 5.54. The molecule has 0 amide bonds. The van der Waals surface area contributed by atoms with E-state index in [4.69, 9.17) is 33.0 Å². The van der Waals surface area contributed by atoms with E-state index in [9.17, 15) is 9.59 Å². The Balaban J connectivity index is 1.79. The van der Waals surface area contributed by atoms with E-state index >= 15 is 0 Å². The summed E-state index contributed by atoms with van der Waals surface area (Å²) < 4.78 is 5.83. The minimum Gasteiger partial charge on any atom is -0.489 e. The summed E-state index contributed by atoms with van der Waals surface area (Å²) in [5.41, 5.74) is 1.90. The Labute approximate surface area is 161 Å². The summed E-state index contributed by atoms with van der Waals surface area (Å²) in [4.78, 5) is 23.7. The number of rotatable bonds is 5. The quantitative estimate of drug-likeness (QED) is 0.713. The molecule has 1 N–H and O–H groups in total. The van der Waals surface area contributed by atoms with E-state index in [1.165, 1.54) is 0 Å². The first-order chi connectivity index (χ1) is 12.4. The molecule has 1 aliphatic rings. The second kappa shape index (κ2) is 7.68. The molecule has 0 radical (unpaired) electrons. The molecule has 2 atom stereocenters. The van der Waals surface area contributed by atoms with Gasteiger partial charge in [0, 0.05) is 11.1 Å². The van der Waals surface area contributed by atoms with Crippen molar-refractivity contribution in [3.8, 4) is 5.75 Å². The number of hydrogen-bond acceptors (Lipinski definition) is 3. The van der Waals surface area contributed by atoms with E-state index in [0.29, 0.717) is 36.1 Å². The van der Waals surface area contributed by atoms with Crippen molar-refractivity contribution < 1.29 is 19.4 Å². The fraction of sp³-hybridized carbons (Fsp3) is 0.300. The van der Waals surface area contributed by atoms with Gasteiger partial charge in [-0.2, -0.15) is 0 Å². The van der Waals surface area contributed by atoms with Crippen LogP contribution in [0.2, 0.25) is 10.0 Å². The highest BCUT2D eigenvalue weighted by atomic mass is 35.5. The fourth-order valence-corrected chi connectivity index (χ4v) is 3.56. The highest BCUT2D eigenvalue weighted by molar-refractivity contribution is 6.45. The third-order valence-corrected chi connectivity index (χ3v) is 5.50. The number of benzene rings is 2. The van der Waals surface area contributed by atoms with Crippen LogP contribution in [0.25, 0.3) is 0 Å². The Hall–Kier alpha value is -2.04. The van der Waals surface area contributed by atoms with Gasteiger partial charge >= 0.3 is 5.97 Å². The van der Waals surface area contributed by atoms with Crippen molar-refractivity contribution in [1.82, 2.24) is 0 Å². The summed E-state index contributed by atoms with van der Waals surface area (Å²) in [6.07, 6.45) is 1.45. The molecule has 1 aliphatic carbocycles. The summed E-state index contributed by atoms with van der Waals surface area (Å²) in [5, 5.41) is 9.39. The molecule has 1 saturated carbocycles. The summed E-state index contributed by atoms with van der Waals surface area (Å²) in [6.45, 7) is 1.95. The average molecular weight is 393 g/mol. The number of aliphatic carboxylic acids is 1. The second-order valence-corrected chi connectivity index (χ2v) is 7.28. The molecule has 26 heavy (non-hydrogen) atoms. The fourth-order valence-electron chi connectivity index (χ4n) is 3.11. The Morgan fingerprint density at radius 3 is 2.35 bits per heavy atom. The van der Waals surface area contributed by atoms with E-state index < -0.39 is 11.9 Å². The highest BCUT2D eigenvalue weighted by Gasteiger charge is 2.31. The number of carboxylic acids is 1. The van der Waals surface area contributed by atoms with Crippen LogP contribution >= 0.6 is 23.2 Å². The molecule has 1 fully saturated rings. The third-order valence-electron chi connectivity index (χ3n) is 4.63.